The van der Waals surface area contributed by atoms with Crippen LogP contribution in [0.2, 0.25) is 0 Å². The fourth-order valence-corrected chi connectivity index (χ4v) is 4.83. The van der Waals surface area contributed by atoms with Crippen molar-refractivity contribution in [1.82, 2.24) is 20.4 Å². The molecule has 174 valence electrons. The van der Waals surface area contributed by atoms with E-state index >= 15 is 0 Å². The Kier molecular flexibility index (Phi) is 7.55. The van der Waals surface area contributed by atoms with E-state index < -0.39 is 0 Å². The fourth-order valence-electron chi connectivity index (χ4n) is 4.83. The lowest BCUT2D eigenvalue weighted by atomic mass is 9.79. The topological polar surface area (TPSA) is 90.1 Å². The van der Waals surface area contributed by atoms with E-state index in [9.17, 15) is 4.79 Å². The zero-order valence-electron chi connectivity index (χ0n) is 19.6. The average Bonchev–Trinajstić information content (AvgIpc) is 3.48. The molecule has 1 N–H and O–H groups in total. The second-order valence-electron chi connectivity index (χ2n) is 9.71. The Balaban J connectivity index is 1.33. The van der Waals surface area contributed by atoms with Gasteiger partial charge in [-0.2, -0.15) is 0 Å². The molecule has 2 aliphatic rings. The Morgan fingerprint density at radius 3 is 2.69 bits per heavy atom. The first-order valence-corrected chi connectivity index (χ1v) is 12.2. The first-order chi connectivity index (χ1) is 15.5. The molecule has 7 heteroatoms. The number of carbonyl (C=O) groups is 1. The summed E-state index contributed by atoms with van der Waals surface area (Å²) in [5.41, 5.74) is 2.90. The van der Waals surface area contributed by atoms with Gasteiger partial charge in [0.15, 0.2) is 5.76 Å². The van der Waals surface area contributed by atoms with E-state index in [1.807, 2.05) is 19.2 Å². The zero-order valence-corrected chi connectivity index (χ0v) is 19.6. The van der Waals surface area contributed by atoms with E-state index in [0.29, 0.717) is 18.3 Å². The molecule has 1 saturated heterocycles. The Hall–Kier alpha value is -2.28. The molecule has 0 radical (unpaired) electrons. The summed E-state index contributed by atoms with van der Waals surface area (Å²) in [5.74, 6) is 2.96. The second-order valence-corrected chi connectivity index (χ2v) is 9.71. The van der Waals surface area contributed by atoms with Crippen molar-refractivity contribution in [2.24, 2.45) is 5.92 Å². The van der Waals surface area contributed by atoms with Gasteiger partial charge in [0, 0.05) is 43.7 Å². The summed E-state index contributed by atoms with van der Waals surface area (Å²) in [6, 6.07) is 1.95. The summed E-state index contributed by atoms with van der Waals surface area (Å²) in [7, 11) is 0. The molecule has 1 aliphatic heterocycles. The van der Waals surface area contributed by atoms with Crippen molar-refractivity contribution in [3.63, 3.8) is 0 Å². The molecule has 0 spiro atoms. The predicted octanol–water partition coefficient (Wildman–Crippen LogP) is 4.91. The standard InChI is InChI=1S/C25H36N4O3/c1-16(2)25-27-15-21(22-13-17(3)29-32-22)24(28-25)19-8-6-18(7-9-19)14-26-23(30)11-10-20-5-4-12-31-20/h13,15-16,18-20H,4-12,14H2,1-3H3,(H,26,30). The molecule has 1 unspecified atom stereocenters. The van der Waals surface area contributed by atoms with Crippen LogP contribution in [-0.4, -0.2) is 40.3 Å². The van der Waals surface area contributed by atoms with Crippen molar-refractivity contribution in [3.05, 3.63) is 29.5 Å². The van der Waals surface area contributed by atoms with E-state index in [1.54, 1.807) is 0 Å². The maximum Gasteiger partial charge on any atom is 0.220 e. The third kappa shape index (κ3) is 5.74. The minimum absolute atomic E-state index is 0.156. The van der Waals surface area contributed by atoms with Crippen LogP contribution in [-0.2, 0) is 9.53 Å². The third-order valence-corrected chi connectivity index (χ3v) is 6.79. The van der Waals surface area contributed by atoms with Gasteiger partial charge >= 0.3 is 0 Å². The molecule has 1 amide bonds. The quantitative estimate of drug-likeness (QED) is 0.627. The number of hydrogen-bond acceptors (Lipinski definition) is 6. The Morgan fingerprint density at radius 2 is 2.03 bits per heavy atom. The minimum Gasteiger partial charge on any atom is -0.378 e. The monoisotopic (exact) mass is 440 g/mol. The van der Waals surface area contributed by atoms with E-state index in [4.69, 9.17) is 14.2 Å². The molecule has 2 aromatic rings. The molecule has 1 aliphatic carbocycles. The molecule has 2 fully saturated rings. The first-order valence-electron chi connectivity index (χ1n) is 12.2. The van der Waals surface area contributed by atoms with Gasteiger partial charge in [-0.1, -0.05) is 19.0 Å². The zero-order chi connectivity index (χ0) is 22.5. The number of nitrogens with zero attached hydrogens (tertiary/aromatic N) is 3. The molecular formula is C25H36N4O3. The number of carbonyl (C=O) groups excluding carboxylic acids is 1. The van der Waals surface area contributed by atoms with E-state index in [2.05, 4.69) is 29.3 Å². The lowest BCUT2D eigenvalue weighted by Gasteiger charge is -2.29. The van der Waals surface area contributed by atoms with E-state index in [1.165, 1.54) is 0 Å². The molecule has 0 aromatic carbocycles. The van der Waals surface area contributed by atoms with Gasteiger partial charge in [-0.25, -0.2) is 9.97 Å². The van der Waals surface area contributed by atoms with Crippen molar-refractivity contribution in [2.45, 2.75) is 90.1 Å². The summed E-state index contributed by atoms with van der Waals surface area (Å²) in [6.07, 6.45) is 10.1. The van der Waals surface area contributed by atoms with E-state index in [-0.39, 0.29) is 17.9 Å². The molecule has 32 heavy (non-hydrogen) atoms. The average molecular weight is 441 g/mol. The van der Waals surface area contributed by atoms with Crippen LogP contribution in [0.1, 0.15) is 94.3 Å². The van der Waals surface area contributed by atoms with Crippen molar-refractivity contribution in [1.29, 1.82) is 0 Å². The first kappa shape index (κ1) is 22.9. The van der Waals surface area contributed by atoms with Crippen molar-refractivity contribution in [3.8, 4) is 11.3 Å². The summed E-state index contributed by atoms with van der Waals surface area (Å²) < 4.78 is 11.2. The van der Waals surface area contributed by atoms with Gasteiger partial charge in [0.05, 0.1) is 23.1 Å². The lowest BCUT2D eigenvalue weighted by molar-refractivity contribution is -0.121. The highest BCUT2D eigenvalue weighted by Crippen LogP contribution is 2.39. The SMILES string of the molecule is Cc1cc(-c2cnc(C(C)C)nc2C2CCC(CNC(=O)CCC3CCCO3)CC2)on1. The van der Waals surface area contributed by atoms with E-state index in [0.717, 1.165) is 86.6 Å². The molecular weight excluding hydrogens is 404 g/mol. The van der Waals surface area contributed by atoms with Crippen LogP contribution >= 0.6 is 0 Å². The van der Waals surface area contributed by atoms with Crippen LogP contribution in [0.15, 0.2) is 16.8 Å². The number of aromatic nitrogens is 3. The predicted molar refractivity (Wildman–Crippen MR) is 122 cm³/mol. The molecule has 1 saturated carbocycles. The number of nitrogens with one attached hydrogen (secondary N) is 1. The molecule has 3 heterocycles. The highest BCUT2D eigenvalue weighted by atomic mass is 16.5. The number of rotatable bonds is 8. The Bertz CT molecular complexity index is 896. The van der Waals surface area contributed by atoms with Gasteiger partial charge in [0.25, 0.3) is 0 Å². The van der Waals surface area contributed by atoms with Crippen LogP contribution < -0.4 is 5.32 Å². The van der Waals surface area contributed by atoms with Crippen LogP contribution in [0.5, 0.6) is 0 Å². The molecule has 2 aromatic heterocycles. The maximum absolute atomic E-state index is 12.2. The van der Waals surface area contributed by atoms with Crippen LogP contribution in [0.25, 0.3) is 11.3 Å². The summed E-state index contributed by atoms with van der Waals surface area (Å²) in [4.78, 5) is 21.8. The lowest BCUT2D eigenvalue weighted by Crippen LogP contribution is -2.31. The Labute approximate surface area is 190 Å². The third-order valence-electron chi connectivity index (χ3n) is 6.79. The fraction of sp³-hybridized carbons (Fsp3) is 0.680. The van der Waals surface area contributed by atoms with Gasteiger partial charge in [-0.15, -0.1) is 0 Å². The minimum atomic E-state index is 0.156. The van der Waals surface area contributed by atoms with Crippen molar-refractivity contribution < 1.29 is 14.1 Å². The maximum atomic E-state index is 12.2. The van der Waals surface area contributed by atoms with Gasteiger partial charge < -0.3 is 14.6 Å². The van der Waals surface area contributed by atoms with Crippen molar-refractivity contribution >= 4 is 5.91 Å². The normalized spacial score (nSPS) is 23.6. The van der Waals surface area contributed by atoms with Gasteiger partial charge in [0.2, 0.25) is 5.91 Å². The highest BCUT2D eigenvalue weighted by molar-refractivity contribution is 5.75. The second kappa shape index (κ2) is 10.6. The van der Waals surface area contributed by atoms with Gasteiger partial charge in [-0.05, 0) is 57.8 Å². The Morgan fingerprint density at radius 1 is 1.22 bits per heavy atom. The number of aryl methyl sites for hydroxylation is 1. The molecule has 1 atom stereocenters. The van der Waals surface area contributed by atoms with Crippen LogP contribution in [0, 0.1) is 12.8 Å². The molecule has 0 bridgehead atoms. The van der Waals surface area contributed by atoms with Crippen LogP contribution in [0.3, 0.4) is 0 Å². The molecule has 4 rings (SSSR count). The number of amides is 1. The largest absolute Gasteiger partial charge is 0.378 e. The summed E-state index contributed by atoms with van der Waals surface area (Å²) in [5, 5.41) is 7.20. The molecule has 7 nitrogen and oxygen atoms in total. The van der Waals surface area contributed by atoms with Crippen molar-refractivity contribution in [2.75, 3.05) is 13.2 Å². The van der Waals surface area contributed by atoms with Gasteiger partial charge in [0.1, 0.15) is 5.82 Å². The number of hydrogen-bond donors (Lipinski definition) is 1. The highest BCUT2D eigenvalue weighted by Gasteiger charge is 2.28. The van der Waals surface area contributed by atoms with Gasteiger partial charge in [-0.3, -0.25) is 4.79 Å². The number of ether oxygens (including phenoxy) is 1. The summed E-state index contributed by atoms with van der Waals surface area (Å²) >= 11 is 0. The van der Waals surface area contributed by atoms with Crippen LogP contribution in [0.4, 0.5) is 0 Å². The summed E-state index contributed by atoms with van der Waals surface area (Å²) in [6.45, 7) is 7.78. The smallest absolute Gasteiger partial charge is 0.220 e.